The lowest BCUT2D eigenvalue weighted by molar-refractivity contribution is -0.149. The van der Waals surface area contributed by atoms with Gasteiger partial charge in [-0.25, -0.2) is 9.59 Å². The zero-order valence-corrected chi connectivity index (χ0v) is 19.1. The summed E-state index contributed by atoms with van der Waals surface area (Å²) in [5.74, 6) is -1.55. The Morgan fingerprint density at radius 3 is 2.00 bits per heavy atom. The summed E-state index contributed by atoms with van der Waals surface area (Å²) in [6, 6.07) is 0. The van der Waals surface area contributed by atoms with Crippen LogP contribution in [0.5, 0.6) is 0 Å². The second-order valence-electron chi connectivity index (χ2n) is 5.57. The molecule has 0 fully saturated rings. The summed E-state index contributed by atoms with van der Waals surface area (Å²) in [6.07, 6.45) is 2.32. The third-order valence-corrected chi connectivity index (χ3v) is 4.02. The molecule has 0 spiro atoms. The van der Waals surface area contributed by atoms with Crippen LogP contribution in [-0.4, -0.2) is 84.6 Å². The van der Waals surface area contributed by atoms with Crippen LogP contribution in [0.2, 0.25) is 0 Å². The first-order valence-corrected chi connectivity index (χ1v) is 10.8. The molecular weight excluding hydrogens is 488 g/mol. The van der Waals surface area contributed by atoms with Crippen LogP contribution in [0.25, 0.3) is 0 Å². The molecule has 0 radical (unpaired) electrons. The van der Waals surface area contributed by atoms with Crippen molar-refractivity contribution in [2.45, 2.75) is 31.5 Å². The minimum atomic E-state index is -0.869. The highest BCUT2D eigenvalue weighted by Gasteiger charge is 2.08. The molecule has 0 amide bonds. The predicted octanol–water partition coefficient (Wildman–Crippen LogP) is 1.52. The first-order valence-electron chi connectivity index (χ1n) is 9.10. The first-order chi connectivity index (χ1) is 14.3. The fraction of sp³-hybridized carbons (Fsp3) is 0.632. The van der Waals surface area contributed by atoms with E-state index in [2.05, 4.69) is 38.6 Å². The standard InChI is InChI=1S/C10H17BrO4.C9H13ClO5/c1-2-10(13)15-6-4-3-5-14-8-9(12)7-11;1-2-8(12)14-4-3-9(13)15-6-7(11)5-10/h2,9,12H,1,3-8H2;2,7,11H,1,3-6H2. The number of aliphatic hydroxyl groups excluding tert-OH is 2. The van der Waals surface area contributed by atoms with Gasteiger partial charge in [0.15, 0.2) is 0 Å². The molecule has 0 aromatic carbocycles. The molecule has 0 saturated carbocycles. The van der Waals surface area contributed by atoms with E-state index in [0.29, 0.717) is 25.2 Å². The Balaban J connectivity index is 0. The lowest BCUT2D eigenvalue weighted by Gasteiger charge is -2.07. The van der Waals surface area contributed by atoms with E-state index in [0.717, 1.165) is 25.0 Å². The van der Waals surface area contributed by atoms with Crippen LogP contribution >= 0.6 is 27.5 Å². The van der Waals surface area contributed by atoms with Gasteiger partial charge in [-0.05, 0) is 12.8 Å². The van der Waals surface area contributed by atoms with Crippen molar-refractivity contribution < 1.29 is 43.5 Å². The van der Waals surface area contributed by atoms with E-state index in [4.69, 9.17) is 31.3 Å². The molecule has 0 aliphatic rings. The van der Waals surface area contributed by atoms with Gasteiger partial charge in [0.2, 0.25) is 0 Å². The first kappa shape index (κ1) is 30.7. The van der Waals surface area contributed by atoms with Gasteiger partial charge < -0.3 is 29.2 Å². The Labute approximate surface area is 190 Å². The Morgan fingerprint density at radius 2 is 1.47 bits per heavy atom. The smallest absolute Gasteiger partial charge is 0.330 e. The maximum Gasteiger partial charge on any atom is 0.330 e. The van der Waals surface area contributed by atoms with E-state index in [-0.39, 0.29) is 25.5 Å². The number of aliphatic hydroxyl groups is 2. The number of carbonyl (C=O) groups is 3. The Morgan fingerprint density at radius 1 is 0.900 bits per heavy atom. The second-order valence-corrected chi connectivity index (χ2v) is 6.53. The minimum absolute atomic E-state index is 0.00126. The summed E-state index contributed by atoms with van der Waals surface area (Å²) in [4.78, 5) is 32.1. The summed E-state index contributed by atoms with van der Waals surface area (Å²) in [5.41, 5.74) is 0. The fourth-order valence-corrected chi connectivity index (χ4v) is 1.68. The molecule has 0 saturated heterocycles. The molecule has 11 heteroatoms. The van der Waals surface area contributed by atoms with Crippen molar-refractivity contribution >= 4 is 45.4 Å². The lowest BCUT2D eigenvalue weighted by Crippen LogP contribution is -2.20. The van der Waals surface area contributed by atoms with E-state index < -0.39 is 30.1 Å². The molecule has 174 valence electrons. The number of rotatable bonds is 16. The summed E-state index contributed by atoms with van der Waals surface area (Å²) in [5, 5.41) is 18.6. The maximum atomic E-state index is 10.9. The number of hydrogen-bond donors (Lipinski definition) is 2. The van der Waals surface area contributed by atoms with Gasteiger partial charge in [-0.2, -0.15) is 0 Å². The molecule has 30 heavy (non-hydrogen) atoms. The fourth-order valence-electron chi connectivity index (χ4n) is 1.40. The number of hydrogen-bond acceptors (Lipinski definition) is 9. The zero-order valence-electron chi connectivity index (χ0n) is 16.8. The Hall–Kier alpha value is -1.46. The molecule has 0 aromatic heterocycles. The molecule has 0 aliphatic carbocycles. The summed E-state index contributed by atoms with van der Waals surface area (Å²) < 4.78 is 19.1. The van der Waals surface area contributed by atoms with Gasteiger partial charge in [-0.1, -0.05) is 29.1 Å². The van der Waals surface area contributed by atoms with Crippen molar-refractivity contribution in [3.63, 3.8) is 0 Å². The number of halogens is 2. The van der Waals surface area contributed by atoms with Crippen LogP contribution in [0, 0.1) is 0 Å². The Kier molecular flexibility index (Phi) is 22.8. The van der Waals surface area contributed by atoms with Gasteiger partial charge in [0.25, 0.3) is 0 Å². The van der Waals surface area contributed by atoms with Crippen LogP contribution in [0.4, 0.5) is 0 Å². The average Bonchev–Trinajstić information content (AvgIpc) is 2.76. The van der Waals surface area contributed by atoms with Gasteiger partial charge in [0, 0.05) is 24.1 Å². The molecule has 0 bridgehead atoms. The van der Waals surface area contributed by atoms with E-state index in [1.54, 1.807) is 0 Å². The molecule has 2 atom stereocenters. The topological polar surface area (TPSA) is 129 Å². The van der Waals surface area contributed by atoms with Crippen molar-refractivity contribution in [1.82, 2.24) is 0 Å². The number of unbranched alkanes of at least 4 members (excludes halogenated alkanes) is 1. The molecular formula is C19H30BrClO9. The van der Waals surface area contributed by atoms with Crippen LogP contribution in [0.1, 0.15) is 19.3 Å². The summed E-state index contributed by atoms with van der Waals surface area (Å²) >= 11 is 8.41. The van der Waals surface area contributed by atoms with E-state index >= 15 is 0 Å². The van der Waals surface area contributed by atoms with Crippen LogP contribution in [-0.2, 0) is 33.3 Å². The molecule has 2 N–H and O–H groups in total. The molecule has 0 aliphatic heterocycles. The minimum Gasteiger partial charge on any atom is -0.463 e. The average molecular weight is 518 g/mol. The number of ether oxygens (including phenoxy) is 4. The van der Waals surface area contributed by atoms with Gasteiger partial charge in [-0.3, -0.25) is 4.79 Å². The van der Waals surface area contributed by atoms with Crippen molar-refractivity contribution in [1.29, 1.82) is 0 Å². The normalized spacial score (nSPS) is 11.9. The van der Waals surface area contributed by atoms with Crippen molar-refractivity contribution in [2.75, 3.05) is 44.2 Å². The highest BCUT2D eigenvalue weighted by molar-refractivity contribution is 9.09. The van der Waals surface area contributed by atoms with E-state index in [1.807, 2.05) is 0 Å². The van der Waals surface area contributed by atoms with Crippen molar-refractivity contribution in [2.24, 2.45) is 0 Å². The van der Waals surface area contributed by atoms with Gasteiger partial charge in [-0.15, -0.1) is 11.6 Å². The third kappa shape index (κ3) is 22.8. The Bertz CT molecular complexity index is 502. The molecule has 2 unspecified atom stereocenters. The van der Waals surface area contributed by atoms with Gasteiger partial charge in [0.05, 0.1) is 31.6 Å². The highest BCUT2D eigenvalue weighted by Crippen LogP contribution is 1.96. The van der Waals surface area contributed by atoms with E-state index in [9.17, 15) is 14.4 Å². The summed E-state index contributed by atoms with van der Waals surface area (Å²) in [6.45, 7) is 7.53. The quantitative estimate of drug-likeness (QED) is 0.103. The largest absolute Gasteiger partial charge is 0.463 e. The van der Waals surface area contributed by atoms with Gasteiger partial charge >= 0.3 is 17.9 Å². The molecule has 0 rings (SSSR count). The lowest BCUT2D eigenvalue weighted by atomic mass is 10.3. The van der Waals surface area contributed by atoms with Crippen molar-refractivity contribution in [3.8, 4) is 0 Å². The highest BCUT2D eigenvalue weighted by atomic mass is 79.9. The van der Waals surface area contributed by atoms with E-state index in [1.165, 1.54) is 0 Å². The number of alkyl halides is 2. The van der Waals surface area contributed by atoms with Crippen LogP contribution in [0.3, 0.4) is 0 Å². The monoisotopic (exact) mass is 516 g/mol. The number of esters is 3. The van der Waals surface area contributed by atoms with Gasteiger partial charge in [0.1, 0.15) is 19.3 Å². The molecule has 9 nitrogen and oxygen atoms in total. The van der Waals surface area contributed by atoms with Crippen LogP contribution in [0.15, 0.2) is 25.3 Å². The third-order valence-electron chi connectivity index (χ3n) is 2.91. The van der Waals surface area contributed by atoms with Crippen molar-refractivity contribution in [3.05, 3.63) is 25.3 Å². The molecule has 0 heterocycles. The zero-order chi connectivity index (χ0) is 23.2. The van der Waals surface area contributed by atoms with Crippen LogP contribution < -0.4 is 0 Å². The number of carbonyl (C=O) groups excluding carboxylic acids is 3. The summed E-state index contributed by atoms with van der Waals surface area (Å²) in [7, 11) is 0. The SMILES string of the molecule is C=CC(=O)OCCC(=O)OCC(O)CCl.C=CC(=O)OCCCCOCC(O)CBr. The second kappa shape index (κ2) is 22.2. The maximum absolute atomic E-state index is 10.9. The predicted molar refractivity (Wildman–Crippen MR) is 114 cm³/mol. The molecule has 0 aromatic rings.